The number of alkyl halides is 3. The zero-order chi connectivity index (χ0) is 12.3. The molecule has 3 nitrogen and oxygen atoms in total. The number of aromatic nitrogens is 1. The molecule has 1 N–H and O–H groups in total. The molecule has 16 heavy (non-hydrogen) atoms. The molecular weight excluding hydrogens is 399 g/mol. The van der Waals surface area contributed by atoms with E-state index in [-0.39, 0.29) is 16.5 Å². The molecule has 0 radical (unpaired) electrons. The lowest BCUT2D eigenvalue weighted by Crippen LogP contribution is -2.09. The van der Waals surface area contributed by atoms with E-state index in [1.807, 2.05) is 22.6 Å². The van der Waals surface area contributed by atoms with Crippen molar-refractivity contribution in [1.29, 1.82) is 0 Å². The number of halogens is 4. The van der Waals surface area contributed by atoms with Crippen molar-refractivity contribution in [2.45, 2.75) is 18.2 Å². The fourth-order valence-corrected chi connectivity index (χ4v) is 3.00. The van der Waals surface area contributed by atoms with Crippen molar-refractivity contribution in [3.63, 3.8) is 0 Å². The van der Waals surface area contributed by atoms with E-state index in [1.165, 1.54) is 6.20 Å². The normalized spacial score (nSPS) is 10.8. The Morgan fingerprint density at radius 2 is 2.25 bits per heavy atom. The number of nitrogens with zero attached hydrogens (tertiary/aromatic N) is 1. The van der Waals surface area contributed by atoms with Gasteiger partial charge in [0.05, 0.1) is 6.42 Å². The molecule has 0 saturated heterocycles. The van der Waals surface area contributed by atoms with Crippen molar-refractivity contribution >= 4 is 44.5 Å². The monoisotopic (exact) mass is 405 g/mol. The molecule has 1 aromatic heterocycles. The molecule has 0 atom stereocenters. The van der Waals surface area contributed by atoms with Crippen molar-refractivity contribution in [2.75, 3.05) is 0 Å². The molecule has 0 bridgehead atoms. The third kappa shape index (κ3) is 3.09. The van der Waals surface area contributed by atoms with Crippen molar-refractivity contribution in [3.8, 4) is 0 Å². The average Bonchev–Trinajstić information content (AvgIpc) is 2.18. The number of aliphatic carboxylic acids is 1. The highest BCUT2D eigenvalue weighted by Crippen LogP contribution is 2.30. The van der Waals surface area contributed by atoms with Crippen LogP contribution < -0.4 is 0 Å². The van der Waals surface area contributed by atoms with Crippen molar-refractivity contribution < 1.29 is 18.7 Å². The molecule has 1 aromatic rings. The zero-order valence-corrected chi connectivity index (χ0v) is 11.6. The number of hydrogen-bond donors (Lipinski definition) is 1. The Morgan fingerprint density at radius 3 is 2.69 bits per heavy atom. The molecule has 0 spiro atoms. The van der Waals surface area contributed by atoms with Gasteiger partial charge in [-0.15, -0.1) is 0 Å². The molecule has 0 aliphatic heterocycles. The SMILES string of the molecule is O=C(O)Cc1cnc(I)c(CBr)c1C(F)F. The zero-order valence-electron chi connectivity index (χ0n) is 7.88. The third-order valence-corrected chi connectivity index (χ3v) is 3.44. The lowest BCUT2D eigenvalue weighted by Gasteiger charge is -2.12. The molecule has 0 saturated carbocycles. The van der Waals surface area contributed by atoms with Gasteiger partial charge in [-0.3, -0.25) is 4.79 Å². The van der Waals surface area contributed by atoms with Crippen LogP contribution in [0.4, 0.5) is 8.78 Å². The van der Waals surface area contributed by atoms with E-state index < -0.39 is 18.8 Å². The smallest absolute Gasteiger partial charge is 0.307 e. The Hall–Kier alpha value is -0.310. The minimum Gasteiger partial charge on any atom is -0.481 e. The molecule has 0 unspecified atom stereocenters. The topological polar surface area (TPSA) is 50.2 Å². The molecular formula is C9H7BrF2INO2. The van der Waals surface area contributed by atoms with E-state index in [4.69, 9.17) is 5.11 Å². The highest BCUT2D eigenvalue weighted by molar-refractivity contribution is 14.1. The molecule has 1 heterocycles. The summed E-state index contributed by atoms with van der Waals surface area (Å²) in [6.07, 6.45) is -1.94. The Bertz CT molecular complexity index is 415. The van der Waals surface area contributed by atoms with Gasteiger partial charge in [-0.2, -0.15) is 0 Å². The second-order valence-electron chi connectivity index (χ2n) is 2.97. The summed E-state index contributed by atoms with van der Waals surface area (Å²) in [7, 11) is 0. The van der Waals surface area contributed by atoms with Crippen LogP contribution in [-0.4, -0.2) is 16.1 Å². The van der Waals surface area contributed by atoms with Gasteiger partial charge in [-0.05, 0) is 28.2 Å². The number of rotatable bonds is 4. The van der Waals surface area contributed by atoms with Gasteiger partial charge >= 0.3 is 5.97 Å². The Morgan fingerprint density at radius 1 is 1.62 bits per heavy atom. The van der Waals surface area contributed by atoms with Gasteiger partial charge in [0.15, 0.2) is 0 Å². The highest BCUT2D eigenvalue weighted by Gasteiger charge is 2.21. The largest absolute Gasteiger partial charge is 0.481 e. The van der Waals surface area contributed by atoms with Gasteiger partial charge in [-0.25, -0.2) is 13.8 Å². The fraction of sp³-hybridized carbons (Fsp3) is 0.333. The molecule has 0 fully saturated rings. The molecule has 0 aliphatic carbocycles. The maximum Gasteiger partial charge on any atom is 0.307 e. The van der Waals surface area contributed by atoms with Crippen LogP contribution in [0.2, 0.25) is 0 Å². The van der Waals surface area contributed by atoms with Gasteiger partial charge < -0.3 is 5.11 Å². The fourth-order valence-electron chi connectivity index (χ4n) is 1.29. The molecule has 88 valence electrons. The first-order chi connectivity index (χ1) is 7.47. The Labute approximate surface area is 113 Å². The van der Waals surface area contributed by atoms with Crippen LogP contribution in [-0.2, 0) is 16.5 Å². The summed E-state index contributed by atoms with van der Waals surface area (Å²) in [6, 6.07) is 0. The van der Waals surface area contributed by atoms with Crippen LogP contribution in [0, 0.1) is 3.70 Å². The van der Waals surface area contributed by atoms with Crippen LogP contribution in [0.25, 0.3) is 0 Å². The summed E-state index contributed by atoms with van der Waals surface area (Å²) in [5.41, 5.74) is 0.199. The molecule has 0 amide bonds. The van der Waals surface area contributed by atoms with Crippen LogP contribution in [0.1, 0.15) is 23.1 Å². The van der Waals surface area contributed by atoms with Gasteiger partial charge in [0.25, 0.3) is 6.43 Å². The summed E-state index contributed by atoms with van der Waals surface area (Å²) >= 11 is 4.95. The van der Waals surface area contributed by atoms with Gasteiger partial charge in [0, 0.05) is 22.7 Å². The van der Waals surface area contributed by atoms with Crippen molar-refractivity contribution in [1.82, 2.24) is 4.98 Å². The molecule has 0 aliphatic rings. The van der Waals surface area contributed by atoms with Gasteiger partial charge in [0.1, 0.15) is 3.70 Å². The molecule has 0 aromatic carbocycles. The van der Waals surface area contributed by atoms with Gasteiger partial charge in [0.2, 0.25) is 0 Å². The summed E-state index contributed by atoms with van der Waals surface area (Å²) in [6.45, 7) is 0. The number of carbonyl (C=O) groups is 1. The van der Waals surface area contributed by atoms with Crippen LogP contribution in [0.15, 0.2) is 6.20 Å². The quantitative estimate of drug-likeness (QED) is 0.475. The minimum absolute atomic E-state index is 0.0670. The number of hydrogen-bond acceptors (Lipinski definition) is 2. The summed E-state index contributed by atoms with van der Waals surface area (Å²) in [4.78, 5) is 14.4. The highest BCUT2D eigenvalue weighted by atomic mass is 127. The van der Waals surface area contributed by atoms with E-state index in [0.717, 1.165) is 0 Å². The Kier molecular flexibility index (Phi) is 5.03. The van der Waals surface area contributed by atoms with Crippen LogP contribution >= 0.6 is 38.5 Å². The summed E-state index contributed by atoms with van der Waals surface area (Å²) in [5.74, 6) is -1.15. The molecule has 7 heteroatoms. The van der Waals surface area contributed by atoms with Crippen molar-refractivity contribution in [3.05, 3.63) is 26.6 Å². The minimum atomic E-state index is -2.70. The first-order valence-electron chi connectivity index (χ1n) is 4.19. The van der Waals surface area contributed by atoms with E-state index in [1.54, 1.807) is 0 Å². The van der Waals surface area contributed by atoms with Crippen LogP contribution in [0.3, 0.4) is 0 Å². The summed E-state index contributed by atoms with van der Waals surface area (Å²) in [5, 5.41) is 8.85. The first kappa shape index (κ1) is 13.8. The second-order valence-corrected chi connectivity index (χ2v) is 4.55. The number of pyridine rings is 1. The number of carboxylic acid groups (broad SMARTS) is 1. The predicted octanol–water partition coefficient (Wildman–Crippen LogP) is 3.15. The standard InChI is InChI=1S/C9H7BrF2INO2/c10-2-5-7(8(11)12)4(1-6(15)16)3-14-9(5)13/h3,8H,1-2H2,(H,15,16). The predicted molar refractivity (Wildman–Crippen MR) is 65.9 cm³/mol. The molecule has 1 rings (SSSR count). The van der Waals surface area contributed by atoms with Gasteiger partial charge in [-0.1, -0.05) is 15.9 Å². The Balaban J connectivity index is 3.32. The average molecular weight is 406 g/mol. The second kappa shape index (κ2) is 5.85. The third-order valence-electron chi connectivity index (χ3n) is 1.95. The van der Waals surface area contributed by atoms with Crippen LogP contribution in [0.5, 0.6) is 0 Å². The van der Waals surface area contributed by atoms with E-state index in [9.17, 15) is 13.6 Å². The van der Waals surface area contributed by atoms with E-state index in [0.29, 0.717) is 9.26 Å². The lowest BCUT2D eigenvalue weighted by atomic mass is 10.0. The lowest BCUT2D eigenvalue weighted by molar-refractivity contribution is -0.136. The maximum atomic E-state index is 12.9. The van der Waals surface area contributed by atoms with Crippen molar-refractivity contribution in [2.24, 2.45) is 0 Å². The number of carboxylic acids is 1. The first-order valence-corrected chi connectivity index (χ1v) is 6.39. The van der Waals surface area contributed by atoms with E-state index >= 15 is 0 Å². The maximum absolute atomic E-state index is 12.9. The summed E-state index contributed by atoms with van der Waals surface area (Å²) < 4.78 is 26.2. The van der Waals surface area contributed by atoms with E-state index in [2.05, 4.69) is 20.9 Å².